The Morgan fingerprint density at radius 1 is 0.974 bits per heavy atom. The second-order valence-electron chi connectivity index (χ2n) is 12.0. The van der Waals surface area contributed by atoms with Crippen molar-refractivity contribution in [3.8, 4) is 0 Å². The first-order valence-corrected chi connectivity index (χ1v) is 16.5. The maximum Gasteiger partial charge on any atom is 0.345 e. The summed E-state index contributed by atoms with van der Waals surface area (Å²) in [6.07, 6.45) is 3.33. The van der Waals surface area contributed by atoms with Crippen LogP contribution in [0.15, 0.2) is 11.6 Å². The van der Waals surface area contributed by atoms with Gasteiger partial charge in [0.25, 0.3) is 0 Å². The maximum atomic E-state index is 13.3. The summed E-state index contributed by atoms with van der Waals surface area (Å²) in [6, 6.07) is 0. The number of aliphatic hydroxyl groups is 1. The van der Waals surface area contributed by atoms with Gasteiger partial charge in [0.1, 0.15) is 12.2 Å². The first-order chi connectivity index (χ1) is 17.9. The van der Waals surface area contributed by atoms with Gasteiger partial charge in [0.2, 0.25) is 5.60 Å². The lowest BCUT2D eigenvalue weighted by atomic mass is 9.82. The SMILES string of the molecule is CCCCCCCC(O[Si](C)(C)C(C)(C)C)C1OC(C)(C)OC1C(O)(C(=O)OC)/C(=C/C(=O)OC)C(=O)OC. The average Bonchev–Trinajstić information content (AvgIpc) is 3.19. The van der Waals surface area contributed by atoms with Gasteiger partial charge in [0, 0.05) is 6.08 Å². The van der Waals surface area contributed by atoms with Crippen LogP contribution in [0.25, 0.3) is 0 Å². The standard InChI is InChI=1S/C28H50O10Si/c1-12-13-14-15-16-17-20(38-39(10,11)26(2,3)4)22-23(37-27(5,6)36-22)28(32,25(31)35-9)19(24(30)34-8)18-21(29)33-7/h18,20,22-23,32H,12-17H2,1-11H3/b19-18+. The van der Waals surface area contributed by atoms with E-state index in [9.17, 15) is 19.5 Å². The molecule has 1 aliphatic rings. The van der Waals surface area contributed by atoms with Gasteiger partial charge in [-0.05, 0) is 38.4 Å². The molecule has 226 valence electrons. The number of hydrogen-bond acceptors (Lipinski definition) is 10. The molecule has 0 amide bonds. The van der Waals surface area contributed by atoms with E-state index in [2.05, 4.69) is 45.5 Å². The van der Waals surface area contributed by atoms with Gasteiger partial charge in [-0.25, -0.2) is 14.4 Å². The Balaban J connectivity index is 3.74. The molecule has 4 unspecified atom stereocenters. The summed E-state index contributed by atoms with van der Waals surface area (Å²) in [6.45, 7) is 16.0. The first-order valence-electron chi connectivity index (χ1n) is 13.6. The van der Waals surface area contributed by atoms with Crippen molar-refractivity contribution < 1.29 is 47.6 Å². The van der Waals surface area contributed by atoms with Crippen molar-refractivity contribution in [2.24, 2.45) is 0 Å². The molecule has 11 heteroatoms. The van der Waals surface area contributed by atoms with Crippen molar-refractivity contribution in [1.29, 1.82) is 0 Å². The molecule has 1 rings (SSSR count). The maximum absolute atomic E-state index is 13.3. The van der Waals surface area contributed by atoms with Crippen molar-refractivity contribution >= 4 is 26.2 Å². The zero-order chi connectivity index (χ0) is 30.2. The van der Waals surface area contributed by atoms with E-state index in [1.807, 2.05) is 0 Å². The molecule has 0 radical (unpaired) electrons. The molecule has 39 heavy (non-hydrogen) atoms. The Bertz CT molecular complexity index is 876. The topological polar surface area (TPSA) is 127 Å². The molecule has 1 heterocycles. The molecule has 10 nitrogen and oxygen atoms in total. The minimum absolute atomic E-state index is 0.140. The number of unbranched alkanes of at least 4 members (excludes halogenated alkanes) is 4. The van der Waals surface area contributed by atoms with E-state index in [0.717, 1.165) is 53.4 Å². The van der Waals surface area contributed by atoms with Crippen LogP contribution in [0.2, 0.25) is 18.1 Å². The van der Waals surface area contributed by atoms with E-state index in [0.29, 0.717) is 12.5 Å². The Kier molecular flexibility index (Phi) is 12.8. The summed E-state index contributed by atoms with van der Waals surface area (Å²) >= 11 is 0. The van der Waals surface area contributed by atoms with Gasteiger partial charge in [-0.2, -0.15) is 0 Å². The van der Waals surface area contributed by atoms with Crippen molar-refractivity contribution in [2.45, 2.75) is 128 Å². The molecule has 0 aromatic carbocycles. The molecule has 0 saturated carbocycles. The lowest BCUT2D eigenvalue weighted by Crippen LogP contribution is -2.60. The molecule has 0 aromatic heterocycles. The number of rotatable bonds is 14. The summed E-state index contributed by atoms with van der Waals surface area (Å²) in [4.78, 5) is 38.4. The molecule has 1 fully saturated rings. The molecular formula is C28H50O10Si. The monoisotopic (exact) mass is 574 g/mol. The second-order valence-corrected chi connectivity index (χ2v) is 16.7. The predicted molar refractivity (Wildman–Crippen MR) is 148 cm³/mol. The zero-order valence-corrected chi connectivity index (χ0v) is 26.7. The van der Waals surface area contributed by atoms with Crippen LogP contribution in [0, 0.1) is 0 Å². The third kappa shape index (κ3) is 8.85. The normalized spacial score (nSPS) is 22.1. The van der Waals surface area contributed by atoms with Crippen LogP contribution >= 0.6 is 0 Å². The summed E-state index contributed by atoms with van der Waals surface area (Å²) in [5.74, 6) is -4.58. The summed E-state index contributed by atoms with van der Waals surface area (Å²) in [5, 5.41) is 11.9. The molecule has 0 spiro atoms. The van der Waals surface area contributed by atoms with Gasteiger partial charge < -0.3 is 33.2 Å². The largest absolute Gasteiger partial charge is 0.467 e. The molecule has 0 aromatic rings. The fraction of sp³-hybridized carbons (Fsp3) is 0.821. The van der Waals surface area contributed by atoms with Crippen molar-refractivity contribution in [1.82, 2.24) is 0 Å². The van der Waals surface area contributed by atoms with Gasteiger partial charge in [-0.3, -0.25) is 0 Å². The van der Waals surface area contributed by atoms with Crippen LogP contribution in [-0.2, 0) is 42.5 Å². The van der Waals surface area contributed by atoms with Crippen molar-refractivity contribution in [2.75, 3.05) is 21.3 Å². The molecule has 0 bridgehead atoms. The number of ether oxygens (including phenoxy) is 5. The van der Waals surface area contributed by atoms with E-state index in [-0.39, 0.29) is 5.04 Å². The molecule has 4 atom stereocenters. The second kappa shape index (κ2) is 14.2. The average molecular weight is 575 g/mol. The Labute approximate surface area is 234 Å². The molecular weight excluding hydrogens is 524 g/mol. The highest BCUT2D eigenvalue weighted by Crippen LogP contribution is 2.44. The van der Waals surface area contributed by atoms with Crippen LogP contribution in [0.1, 0.15) is 80.1 Å². The van der Waals surface area contributed by atoms with Crippen LogP contribution in [0.4, 0.5) is 0 Å². The zero-order valence-electron chi connectivity index (χ0n) is 25.7. The number of methoxy groups -OCH3 is 3. The van der Waals surface area contributed by atoms with Crippen LogP contribution < -0.4 is 0 Å². The Morgan fingerprint density at radius 2 is 1.56 bits per heavy atom. The molecule has 1 saturated heterocycles. The van der Waals surface area contributed by atoms with E-state index < -0.39 is 61.5 Å². The number of carbonyl (C=O) groups excluding carboxylic acids is 3. The van der Waals surface area contributed by atoms with Crippen molar-refractivity contribution in [3.05, 3.63) is 11.6 Å². The van der Waals surface area contributed by atoms with Gasteiger partial charge in [-0.1, -0.05) is 59.8 Å². The number of carbonyl (C=O) groups is 3. The van der Waals surface area contributed by atoms with E-state index in [1.165, 1.54) is 0 Å². The van der Waals surface area contributed by atoms with E-state index in [4.69, 9.17) is 23.4 Å². The first kappa shape index (κ1) is 35.2. The van der Waals surface area contributed by atoms with Gasteiger partial charge in [0.05, 0.1) is 33.0 Å². The molecule has 0 aliphatic carbocycles. The summed E-state index contributed by atoms with van der Waals surface area (Å²) < 4.78 is 33.7. The Hall–Kier alpha value is -1.79. The molecule has 1 aliphatic heterocycles. The smallest absolute Gasteiger partial charge is 0.345 e. The van der Waals surface area contributed by atoms with E-state index >= 15 is 0 Å². The highest BCUT2D eigenvalue weighted by atomic mass is 28.4. The van der Waals surface area contributed by atoms with E-state index in [1.54, 1.807) is 13.8 Å². The highest BCUT2D eigenvalue weighted by molar-refractivity contribution is 6.74. The van der Waals surface area contributed by atoms with Gasteiger partial charge in [-0.15, -0.1) is 0 Å². The van der Waals surface area contributed by atoms with Gasteiger partial charge in [0.15, 0.2) is 14.1 Å². The van der Waals surface area contributed by atoms with Crippen LogP contribution in [-0.4, -0.2) is 82.4 Å². The van der Waals surface area contributed by atoms with Crippen LogP contribution in [0.5, 0.6) is 0 Å². The Morgan fingerprint density at radius 3 is 2.05 bits per heavy atom. The van der Waals surface area contributed by atoms with Crippen LogP contribution in [0.3, 0.4) is 0 Å². The highest BCUT2D eigenvalue weighted by Gasteiger charge is 2.63. The summed E-state index contributed by atoms with van der Waals surface area (Å²) in [5.41, 5.74) is -3.46. The summed E-state index contributed by atoms with van der Waals surface area (Å²) in [7, 11) is 0.853. The van der Waals surface area contributed by atoms with Crippen molar-refractivity contribution in [3.63, 3.8) is 0 Å². The molecule has 1 N–H and O–H groups in total. The fourth-order valence-electron chi connectivity index (χ4n) is 4.32. The minimum Gasteiger partial charge on any atom is -0.467 e. The predicted octanol–water partition coefficient (Wildman–Crippen LogP) is 4.43. The quantitative estimate of drug-likeness (QED) is 0.105. The fourth-order valence-corrected chi connectivity index (χ4v) is 5.69. The minimum atomic E-state index is -2.77. The third-order valence-electron chi connectivity index (χ3n) is 7.53. The van der Waals surface area contributed by atoms with Gasteiger partial charge >= 0.3 is 17.9 Å². The lowest BCUT2D eigenvalue weighted by Gasteiger charge is -2.42. The lowest BCUT2D eigenvalue weighted by molar-refractivity contribution is -0.187. The third-order valence-corrected chi connectivity index (χ3v) is 12.0. The number of esters is 3. The number of hydrogen-bond donors (Lipinski definition) is 1.